The van der Waals surface area contributed by atoms with E-state index in [0.29, 0.717) is 20.8 Å². The van der Waals surface area contributed by atoms with Crippen molar-refractivity contribution in [1.82, 2.24) is 4.98 Å². The van der Waals surface area contributed by atoms with Gasteiger partial charge in [0.15, 0.2) is 11.5 Å². The molecule has 1 aromatic heterocycles. The third kappa shape index (κ3) is 4.80. The van der Waals surface area contributed by atoms with Crippen LogP contribution in [0.1, 0.15) is 35.8 Å². The number of aromatic hydroxyl groups is 1. The number of ketones is 1. The summed E-state index contributed by atoms with van der Waals surface area (Å²) >= 11 is 9.46. The van der Waals surface area contributed by atoms with Crippen LogP contribution in [-0.4, -0.2) is 28.4 Å². The van der Waals surface area contributed by atoms with Gasteiger partial charge in [-0.15, -0.1) is 0 Å². The van der Waals surface area contributed by atoms with Crippen molar-refractivity contribution in [3.8, 4) is 17.0 Å². The minimum atomic E-state index is -0.465. The molecule has 0 bridgehead atoms. The first-order valence-corrected chi connectivity index (χ1v) is 8.85. The van der Waals surface area contributed by atoms with Gasteiger partial charge in [-0.1, -0.05) is 23.2 Å². The molecule has 0 spiro atoms. The Kier molecular flexibility index (Phi) is 6.56. The zero-order valence-corrected chi connectivity index (χ0v) is 16.1. The summed E-state index contributed by atoms with van der Waals surface area (Å²) in [7, 11) is 0. The van der Waals surface area contributed by atoms with Crippen LogP contribution in [0.2, 0.25) is 5.02 Å². The molecule has 2 rings (SSSR count). The van der Waals surface area contributed by atoms with E-state index in [9.17, 15) is 14.7 Å². The maximum absolute atomic E-state index is 12.4. The predicted octanol–water partition coefficient (Wildman–Crippen LogP) is 4.70. The zero-order valence-electron chi connectivity index (χ0n) is 13.8. The maximum Gasteiger partial charge on any atom is 0.306 e. The number of carbonyl (C=O) groups is 2. The van der Waals surface area contributed by atoms with Gasteiger partial charge in [0.25, 0.3) is 0 Å². The van der Waals surface area contributed by atoms with E-state index in [1.54, 1.807) is 19.1 Å². The molecular weight excluding hydrogens is 410 g/mol. The van der Waals surface area contributed by atoms with Crippen LogP contribution in [0.5, 0.6) is 5.75 Å². The van der Waals surface area contributed by atoms with Gasteiger partial charge in [0.2, 0.25) is 0 Å². The summed E-state index contributed by atoms with van der Waals surface area (Å²) in [6.45, 7) is 3.86. The van der Waals surface area contributed by atoms with Crippen LogP contribution >= 0.6 is 27.5 Å². The first-order valence-electron chi connectivity index (χ1n) is 7.68. The van der Waals surface area contributed by atoms with Crippen LogP contribution < -0.4 is 0 Å². The minimum absolute atomic E-state index is 0.0686. The maximum atomic E-state index is 12.4. The summed E-state index contributed by atoms with van der Waals surface area (Å²) in [6.07, 6.45) is -0.169. The second-order valence-electron chi connectivity index (χ2n) is 5.40. The van der Waals surface area contributed by atoms with E-state index in [0.717, 1.165) is 5.56 Å². The fraction of sp³-hybridized carbons (Fsp3) is 0.278. The standard InChI is InChI=1S/C18H17BrClNO4/c1-3-25-16(23)7-6-15(22)17-18(24)12(19)9-14(21-17)11-8-10(2)4-5-13(11)20/h4-5,8-9,24H,3,6-7H2,1-2H3. The van der Waals surface area contributed by atoms with E-state index in [2.05, 4.69) is 20.9 Å². The van der Waals surface area contributed by atoms with Gasteiger partial charge in [-0.05, 0) is 48.0 Å². The average molecular weight is 427 g/mol. The summed E-state index contributed by atoms with van der Waals surface area (Å²) in [5.41, 5.74) is 1.99. The third-order valence-electron chi connectivity index (χ3n) is 3.47. The van der Waals surface area contributed by atoms with Crippen molar-refractivity contribution in [2.45, 2.75) is 26.7 Å². The number of halogens is 2. The molecule has 0 aliphatic carbocycles. The van der Waals surface area contributed by atoms with Gasteiger partial charge in [0, 0.05) is 17.0 Å². The van der Waals surface area contributed by atoms with Gasteiger partial charge in [-0.3, -0.25) is 9.59 Å². The molecule has 1 aromatic carbocycles. The van der Waals surface area contributed by atoms with Gasteiger partial charge < -0.3 is 9.84 Å². The van der Waals surface area contributed by atoms with Crippen LogP contribution in [0.4, 0.5) is 0 Å². The Morgan fingerprint density at radius 1 is 1.28 bits per heavy atom. The largest absolute Gasteiger partial charge is 0.504 e. The number of pyridine rings is 1. The highest BCUT2D eigenvalue weighted by molar-refractivity contribution is 9.10. The Hall–Kier alpha value is -1.92. The Bertz CT molecular complexity index is 823. The molecule has 0 fully saturated rings. The second kappa shape index (κ2) is 8.45. The predicted molar refractivity (Wildman–Crippen MR) is 99.0 cm³/mol. The number of carbonyl (C=O) groups excluding carboxylic acids is 2. The number of Topliss-reactive ketones (excluding diaryl/α,β-unsaturated/α-hetero) is 1. The molecule has 2 aromatic rings. The van der Waals surface area contributed by atoms with Gasteiger partial charge >= 0.3 is 5.97 Å². The Morgan fingerprint density at radius 2 is 2.00 bits per heavy atom. The Morgan fingerprint density at radius 3 is 2.68 bits per heavy atom. The molecule has 0 saturated heterocycles. The van der Waals surface area contributed by atoms with Gasteiger partial charge in [-0.2, -0.15) is 0 Å². The number of benzene rings is 1. The lowest BCUT2D eigenvalue weighted by Crippen LogP contribution is -2.10. The molecule has 7 heteroatoms. The molecule has 0 amide bonds. The molecule has 0 saturated carbocycles. The smallest absolute Gasteiger partial charge is 0.306 e. The second-order valence-corrected chi connectivity index (χ2v) is 6.66. The first kappa shape index (κ1) is 19.4. The molecule has 25 heavy (non-hydrogen) atoms. The monoisotopic (exact) mass is 425 g/mol. The van der Waals surface area contributed by atoms with E-state index in [1.807, 2.05) is 19.1 Å². The number of esters is 1. The highest BCUT2D eigenvalue weighted by Gasteiger charge is 2.20. The number of ether oxygens (including phenoxy) is 1. The number of nitrogens with zero attached hydrogens (tertiary/aromatic N) is 1. The highest BCUT2D eigenvalue weighted by atomic mass is 79.9. The van der Waals surface area contributed by atoms with Crippen molar-refractivity contribution in [2.24, 2.45) is 0 Å². The van der Waals surface area contributed by atoms with Crippen molar-refractivity contribution in [3.63, 3.8) is 0 Å². The average Bonchev–Trinajstić information content (AvgIpc) is 2.57. The summed E-state index contributed by atoms with van der Waals surface area (Å²) in [5.74, 6) is -1.18. The lowest BCUT2D eigenvalue weighted by atomic mass is 10.1. The first-order chi connectivity index (χ1) is 11.8. The van der Waals surface area contributed by atoms with E-state index in [-0.39, 0.29) is 30.9 Å². The van der Waals surface area contributed by atoms with Crippen molar-refractivity contribution in [2.75, 3.05) is 6.61 Å². The van der Waals surface area contributed by atoms with Crippen molar-refractivity contribution >= 4 is 39.3 Å². The summed E-state index contributed by atoms with van der Waals surface area (Å²) in [6, 6.07) is 7.06. The molecule has 1 N–H and O–H groups in total. The molecule has 132 valence electrons. The Labute approximate surface area is 159 Å². The van der Waals surface area contributed by atoms with Crippen molar-refractivity contribution in [3.05, 3.63) is 45.0 Å². The van der Waals surface area contributed by atoms with Crippen LogP contribution in [-0.2, 0) is 9.53 Å². The number of aromatic nitrogens is 1. The van der Waals surface area contributed by atoms with Gasteiger partial charge in [0.1, 0.15) is 5.69 Å². The lowest BCUT2D eigenvalue weighted by Gasteiger charge is -2.10. The molecule has 0 radical (unpaired) electrons. The lowest BCUT2D eigenvalue weighted by molar-refractivity contribution is -0.143. The zero-order chi connectivity index (χ0) is 18.6. The SMILES string of the molecule is CCOC(=O)CCC(=O)c1nc(-c2cc(C)ccc2Cl)cc(Br)c1O. The van der Waals surface area contributed by atoms with Gasteiger partial charge in [0.05, 0.1) is 23.2 Å². The number of aryl methyl sites for hydroxylation is 1. The summed E-state index contributed by atoms with van der Waals surface area (Å²) in [4.78, 5) is 28.1. The fourth-order valence-electron chi connectivity index (χ4n) is 2.24. The number of rotatable bonds is 6. The van der Waals surface area contributed by atoms with Gasteiger partial charge in [-0.25, -0.2) is 4.98 Å². The third-order valence-corrected chi connectivity index (χ3v) is 4.40. The molecule has 0 aliphatic heterocycles. The van der Waals surface area contributed by atoms with E-state index < -0.39 is 11.8 Å². The van der Waals surface area contributed by atoms with Crippen LogP contribution in [0, 0.1) is 6.92 Å². The van der Waals surface area contributed by atoms with Crippen LogP contribution in [0.15, 0.2) is 28.7 Å². The normalized spacial score (nSPS) is 10.6. The molecular formula is C18H17BrClNO4. The summed E-state index contributed by atoms with van der Waals surface area (Å²) < 4.78 is 5.13. The highest BCUT2D eigenvalue weighted by Crippen LogP contribution is 2.35. The molecule has 5 nitrogen and oxygen atoms in total. The fourth-order valence-corrected chi connectivity index (χ4v) is 2.86. The van der Waals surface area contributed by atoms with E-state index in [1.165, 1.54) is 0 Å². The molecule has 1 heterocycles. The molecule has 0 aliphatic rings. The Balaban J connectivity index is 2.36. The van der Waals surface area contributed by atoms with Crippen LogP contribution in [0.3, 0.4) is 0 Å². The quantitative estimate of drug-likeness (QED) is 0.535. The van der Waals surface area contributed by atoms with Crippen molar-refractivity contribution < 1.29 is 19.4 Å². The number of hydrogen-bond donors (Lipinski definition) is 1. The summed E-state index contributed by atoms with van der Waals surface area (Å²) in [5, 5.41) is 10.6. The van der Waals surface area contributed by atoms with E-state index >= 15 is 0 Å². The minimum Gasteiger partial charge on any atom is -0.504 e. The van der Waals surface area contributed by atoms with Crippen molar-refractivity contribution in [1.29, 1.82) is 0 Å². The molecule has 0 atom stereocenters. The topological polar surface area (TPSA) is 76.5 Å². The number of hydrogen-bond acceptors (Lipinski definition) is 5. The van der Waals surface area contributed by atoms with E-state index in [4.69, 9.17) is 16.3 Å². The van der Waals surface area contributed by atoms with Crippen LogP contribution in [0.25, 0.3) is 11.3 Å². The molecule has 0 unspecified atom stereocenters.